The van der Waals surface area contributed by atoms with E-state index in [0.717, 1.165) is 17.3 Å². The van der Waals surface area contributed by atoms with Crippen molar-refractivity contribution >= 4 is 20.1 Å². The van der Waals surface area contributed by atoms with E-state index in [1.165, 1.54) is 0 Å². The molecular weight excluding hydrogens is 240 g/mol. The zero-order chi connectivity index (χ0) is 11.6. The maximum absolute atomic E-state index is 6.13. The second-order valence-corrected chi connectivity index (χ2v) is 10.6. The first-order valence-electron chi connectivity index (χ1n) is 5.76. The molecule has 0 radical (unpaired) electrons. The van der Waals surface area contributed by atoms with Gasteiger partial charge in [-0.2, -0.15) is 11.8 Å². The molecule has 0 unspecified atom stereocenters. The third-order valence-corrected chi connectivity index (χ3v) is 4.31. The van der Waals surface area contributed by atoms with E-state index in [2.05, 4.69) is 25.7 Å². The Morgan fingerprint density at radius 3 is 2.62 bits per heavy atom. The van der Waals surface area contributed by atoms with Crippen LogP contribution in [0, 0.1) is 5.92 Å². The van der Waals surface area contributed by atoms with Gasteiger partial charge < -0.3 is 13.9 Å². The van der Waals surface area contributed by atoms with Gasteiger partial charge in [0.1, 0.15) is 0 Å². The van der Waals surface area contributed by atoms with E-state index in [1.54, 1.807) is 0 Å². The molecule has 2 aliphatic heterocycles. The molecule has 0 bridgehead atoms. The van der Waals surface area contributed by atoms with Crippen LogP contribution >= 0.6 is 11.8 Å². The molecule has 0 amide bonds. The Balaban J connectivity index is 2.04. The quantitative estimate of drug-likeness (QED) is 0.729. The second-order valence-electron chi connectivity index (χ2n) is 5.07. The van der Waals surface area contributed by atoms with E-state index in [-0.39, 0.29) is 12.2 Å². The Hall–Kier alpha value is 0.0269. The number of hydrogen-bond acceptors (Lipinski definition) is 4. The average Bonchev–Trinajstić information content (AvgIpc) is 2.69. The van der Waals surface area contributed by atoms with Crippen molar-refractivity contribution in [1.29, 1.82) is 0 Å². The highest BCUT2D eigenvalue weighted by Crippen LogP contribution is 2.32. The summed E-state index contributed by atoms with van der Waals surface area (Å²) in [7, 11) is -1.53. The third kappa shape index (κ3) is 3.26. The molecule has 3 nitrogen and oxygen atoms in total. The first kappa shape index (κ1) is 12.5. The number of rotatable bonds is 3. The molecule has 1 fully saturated rings. The smallest absolute Gasteiger partial charge is 0.241 e. The molecule has 2 heterocycles. The molecular formula is C11H20O3SSi. The van der Waals surface area contributed by atoms with Gasteiger partial charge in [-0.15, -0.1) is 0 Å². The van der Waals surface area contributed by atoms with Gasteiger partial charge in [0.05, 0.1) is 24.9 Å². The van der Waals surface area contributed by atoms with Crippen LogP contribution in [0.25, 0.3) is 0 Å². The highest BCUT2D eigenvalue weighted by atomic mass is 32.2. The van der Waals surface area contributed by atoms with E-state index >= 15 is 0 Å². The van der Waals surface area contributed by atoms with Crippen LogP contribution in [-0.2, 0) is 13.9 Å². The van der Waals surface area contributed by atoms with Crippen LogP contribution in [0.2, 0.25) is 19.6 Å². The fraction of sp³-hybridized carbons (Fsp3) is 0.818. The lowest BCUT2D eigenvalue weighted by atomic mass is 10.1. The van der Waals surface area contributed by atoms with E-state index in [4.69, 9.17) is 13.9 Å². The fourth-order valence-corrected chi connectivity index (χ4v) is 3.80. The van der Waals surface area contributed by atoms with Gasteiger partial charge in [-0.25, -0.2) is 0 Å². The zero-order valence-corrected chi connectivity index (χ0v) is 12.0. The summed E-state index contributed by atoms with van der Waals surface area (Å²) in [4.78, 5) is 0. The van der Waals surface area contributed by atoms with Crippen LogP contribution in [0.3, 0.4) is 0 Å². The maximum atomic E-state index is 6.13. The Labute approximate surface area is 103 Å². The Kier molecular flexibility index (Phi) is 4.00. The Morgan fingerprint density at radius 1 is 1.31 bits per heavy atom. The minimum atomic E-state index is -1.53. The molecule has 16 heavy (non-hydrogen) atoms. The van der Waals surface area contributed by atoms with E-state index in [0.29, 0.717) is 13.2 Å². The SMILES string of the molecule is C[Si](C)(C)OC1=CCSC[C@@H]1C1OCCO1. The van der Waals surface area contributed by atoms with E-state index < -0.39 is 8.32 Å². The van der Waals surface area contributed by atoms with Gasteiger partial charge in [0.25, 0.3) is 0 Å². The summed E-state index contributed by atoms with van der Waals surface area (Å²) in [6, 6.07) is 0. The van der Waals surface area contributed by atoms with Gasteiger partial charge in [-0.05, 0) is 25.7 Å². The van der Waals surface area contributed by atoms with Crippen LogP contribution in [0.5, 0.6) is 0 Å². The summed E-state index contributed by atoms with van der Waals surface area (Å²) < 4.78 is 17.3. The van der Waals surface area contributed by atoms with Crippen molar-refractivity contribution in [1.82, 2.24) is 0 Å². The highest BCUT2D eigenvalue weighted by Gasteiger charge is 2.34. The summed E-state index contributed by atoms with van der Waals surface area (Å²) in [5, 5.41) is 0. The molecule has 5 heteroatoms. The van der Waals surface area contributed by atoms with E-state index in [1.807, 2.05) is 11.8 Å². The molecule has 0 aliphatic carbocycles. The van der Waals surface area contributed by atoms with Crippen molar-refractivity contribution in [3.63, 3.8) is 0 Å². The summed E-state index contributed by atoms with van der Waals surface area (Å²) >= 11 is 1.92. The van der Waals surface area contributed by atoms with Crippen LogP contribution in [0.1, 0.15) is 0 Å². The Morgan fingerprint density at radius 2 is 2.00 bits per heavy atom. The molecule has 2 aliphatic rings. The number of thioether (sulfide) groups is 1. The molecule has 92 valence electrons. The lowest BCUT2D eigenvalue weighted by Crippen LogP contribution is -2.34. The van der Waals surface area contributed by atoms with Crippen molar-refractivity contribution in [2.24, 2.45) is 5.92 Å². The summed E-state index contributed by atoms with van der Waals surface area (Å²) in [5.74, 6) is 3.47. The fourth-order valence-electron chi connectivity index (χ4n) is 1.86. The number of ether oxygens (including phenoxy) is 2. The van der Waals surface area contributed by atoms with Gasteiger partial charge >= 0.3 is 0 Å². The minimum Gasteiger partial charge on any atom is -0.547 e. The molecule has 0 aromatic carbocycles. The molecule has 0 aromatic rings. The maximum Gasteiger partial charge on any atom is 0.241 e. The van der Waals surface area contributed by atoms with Gasteiger partial charge in [-0.1, -0.05) is 0 Å². The van der Waals surface area contributed by atoms with Crippen molar-refractivity contribution in [3.8, 4) is 0 Å². The first-order chi connectivity index (χ1) is 7.56. The molecule has 1 saturated heterocycles. The first-order valence-corrected chi connectivity index (χ1v) is 10.3. The second kappa shape index (κ2) is 5.12. The summed E-state index contributed by atoms with van der Waals surface area (Å²) in [5.41, 5.74) is 0. The van der Waals surface area contributed by atoms with Crippen LogP contribution in [0.4, 0.5) is 0 Å². The van der Waals surface area contributed by atoms with Crippen LogP contribution in [-0.4, -0.2) is 39.3 Å². The number of hydrogen-bond donors (Lipinski definition) is 0. The van der Waals surface area contributed by atoms with Crippen molar-refractivity contribution in [2.45, 2.75) is 25.9 Å². The molecule has 1 atom stereocenters. The van der Waals surface area contributed by atoms with E-state index in [9.17, 15) is 0 Å². The lowest BCUT2D eigenvalue weighted by molar-refractivity contribution is -0.0747. The normalized spacial score (nSPS) is 27.9. The van der Waals surface area contributed by atoms with Gasteiger partial charge in [0.2, 0.25) is 8.32 Å². The van der Waals surface area contributed by atoms with Gasteiger partial charge in [0, 0.05) is 11.5 Å². The van der Waals surface area contributed by atoms with Gasteiger partial charge in [0.15, 0.2) is 6.29 Å². The summed E-state index contributed by atoms with van der Waals surface area (Å²) in [6.07, 6.45) is 2.11. The monoisotopic (exact) mass is 260 g/mol. The predicted octanol–water partition coefficient (Wildman–Crippen LogP) is 2.46. The molecule has 2 rings (SSSR count). The zero-order valence-electron chi connectivity index (χ0n) is 10.2. The summed E-state index contributed by atoms with van der Waals surface area (Å²) in [6.45, 7) is 8.06. The topological polar surface area (TPSA) is 27.7 Å². The minimum absolute atomic E-state index is 0.0876. The van der Waals surface area contributed by atoms with Gasteiger partial charge in [-0.3, -0.25) is 0 Å². The van der Waals surface area contributed by atoms with Crippen molar-refractivity contribution in [3.05, 3.63) is 11.8 Å². The average molecular weight is 260 g/mol. The molecule has 0 spiro atoms. The molecule has 0 saturated carbocycles. The standard InChI is InChI=1S/C11H20O3SSi/c1-16(2,3)14-10-4-7-15-8-9(10)11-12-5-6-13-11/h4,9,11H,5-8H2,1-3H3/t9-/m0/s1. The predicted molar refractivity (Wildman–Crippen MR) is 69.0 cm³/mol. The third-order valence-electron chi connectivity index (χ3n) is 2.47. The molecule has 0 N–H and O–H groups in total. The highest BCUT2D eigenvalue weighted by molar-refractivity contribution is 7.99. The lowest BCUT2D eigenvalue weighted by Gasteiger charge is -2.32. The van der Waals surface area contributed by atoms with Crippen LogP contribution < -0.4 is 0 Å². The van der Waals surface area contributed by atoms with Crippen molar-refractivity contribution in [2.75, 3.05) is 24.7 Å². The Bertz CT molecular complexity index is 269. The van der Waals surface area contributed by atoms with Crippen molar-refractivity contribution < 1.29 is 13.9 Å². The van der Waals surface area contributed by atoms with Crippen LogP contribution in [0.15, 0.2) is 11.8 Å². The molecule has 0 aromatic heterocycles. The largest absolute Gasteiger partial charge is 0.547 e.